The molecule has 0 aliphatic rings. The zero-order valence-corrected chi connectivity index (χ0v) is 14.1. The van der Waals surface area contributed by atoms with Crippen LogP contribution >= 0.6 is 27.3 Å². The van der Waals surface area contributed by atoms with Crippen LogP contribution in [0, 0.1) is 13.8 Å². The average Bonchev–Trinajstić information content (AvgIpc) is 2.68. The normalized spacial score (nSPS) is 12.6. The minimum absolute atomic E-state index is 0.487. The van der Waals surface area contributed by atoms with Crippen molar-refractivity contribution in [3.05, 3.63) is 55.7 Å². The molecule has 0 aliphatic carbocycles. The van der Waals surface area contributed by atoms with Crippen molar-refractivity contribution in [2.75, 3.05) is 0 Å². The third-order valence-corrected chi connectivity index (χ3v) is 4.78. The fourth-order valence-corrected chi connectivity index (χ4v) is 3.40. The average molecular weight is 338 g/mol. The van der Waals surface area contributed by atoms with Gasteiger partial charge < -0.3 is 5.32 Å². The second kappa shape index (κ2) is 6.69. The molecule has 1 aromatic heterocycles. The Hall–Kier alpha value is -0.640. The highest BCUT2D eigenvalue weighted by atomic mass is 79.9. The van der Waals surface area contributed by atoms with Crippen molar-refractivity contribution >= 4 is 27.3 Å². The van der Waals surface area contributed by atoms with Gasteiger partial charge in [-0.3, -0.25) is 0 Å². The van der Waals surface area contributed by atoms with E-state index in [0.717, 1.165) is 17.4 Å². The summed E-state index contributed by atoms with van der Waals surface area (Å²) in [4.78, 5) is 2.83. The topological polar surface area (TPSA) is 12.0 Å². The summed E-state index contributed by atoms with van der Waals surface area (Å²) < 4.78 is 1.14. The second-order valence-electron chi connectivity index (χ2n) is 5.05. The summed E-state index contributed by atoms with van der Waals surface area (Å²) in [6.07, 6.45) is 1.06. The van der Waals surface area contributed by atoms with Crippen LogP contribution in [0.1, 0.15) is 27.8 Å². The van der Waals surface area contributed by atoms with Crippen LogP contribution in [0.25, 0.3) is 0 Å². The standard InChI is InChI=1S/C16H20BrNS/c1-11(8-14-4-6-16(17)7-5-14)18-10-15-9-12(2)19-13(15)3/h4-7,9,11,18H,8,10H2,1-3H3. The predicted octanol–water partition coefficient (Wildman–Crippen LogP) is 4.85. The van der Waals surface area contributed by atoms with Gasteiger partial charge >= 0.3 is 0 Å². The van der Waals surface area contributed by atoms with Crippen LogP contribution in [0.15, 0.2) is 34.8 Å². The quantitative estimate of drug-likeness (QED) is 0.822. The van der Waals surface area contributed by atoms with E-state index < -0.39 is 0 Å². The van der Waals surface area contributed by atoms with E-state index in [-0.39, 0.29) is 0 Å². The van der Waals surface area contributed by atoms with Crippen molar-refractivity contribution < 1.29 is 0 Å². The van der Waals surface area contributed by atoms with Crippen molar-refractivity contribution in [1.29, 1.82) is 0 Å². The van der Waals surface area contributed by atoms with Crippen LogP contribution in [-0.4, -0.2) is 6.04 Å². The van der Waals surface area contributed by atoms with Gasteiger partial charge in [0, 0.05) is 26.8 Å². The lowest BCUT2D eigenvalue weighted by Gasteiger charge is -2.14. The Morgan fingerprint density at radius 2 is 1.89 bits per heavy atom. The third-order valence-electron chi connectivity index (χ3n) is 3.24. The van der Waals surface area contributed by atoms with Crippen molar-refractivity contribution in [2.45, 2.75) is 39.8 Å². The maximum absolute atomic E-state index is 3.61. The number of hydrogen-bond donors (Lipinski definition) is 1. The van der Waals surface area contributed by atoms with Crippen molar-refractivity contribution in [3.8, 4) is 0 Å². The highest BCUT2D eigenvalue weighted by molar-refractivity contribution is 9.10. The molecule has 0 radical (unpaired) electrons. The highest BCUT2D eigenvalue weighted by Crippen LogP contribution is 2.20. The van der Waals surface area contributed by atoms with E-state index in [1.54, 1.807) is 0 Å². The van der Waals surface area contributed by atoms with E-state index in [0.29, 0.717) is 6.04 Å². The van der Waals surface area contributed by atoms with Crippen LogP contribution in [0.2, 0.25) is 0 Å². The lowest BCUT2D eigenvalue weighted by Crippen LogP contribution is -2.27. The first-order valence-electron chi connectivity index (χ1n) is 6.58. The van der Waals surface area contributed by atoms with Gasteiger partial charge in [-0.25, -0.2) is 0 Å². The number of rotatable bonds is 5. The lowest BCUT2D eigenvalue weighted by atomic mass is 10.1. The van der Waals surface area contributed by atoms with Crippen LogP contribution in [0.5, 0.6) is 0 Å². The van der Waals surface area contributed by atoms with E-state index in [2.05, 4.69) is 72.3 Å². The predicted molar refractivity (Wildman–Crippen MR) is 87.9 cm³/mol. The molecule has 2 aromatic rings. The fourth-order valence-electron chi connectivity index (χ4n) is 2.19. The van der Waals surface area contributed by atoms with Gasteiger partial charge in [-0.1, -0.05) is 28.1 Å². The molecule has 1 N–H and O–H groups in total. The molecular weight excluding hydrogens is 318 g/mol. The summed E-state index contributed by atoms with van der Waals surface area (Å²) in [5.41, 5.74) is 2.81. The molecule has 1 aromatic carbocycles. The molecule has 3 heteroatoms. The van der Waals surface area contributed by atoms with Gasteiger partial charge in [-0.05, 0) is 56.5 Å². The Kier molecular flexibility index (Phi) is 5.20. The molecule has 0 bridgehead atoms. The smallest absolute Gasteiger partial charge is 0.0219 e. The van der Waals surface area contributed by atoms with Crippen molar-refractivity contribution in [2.24, 2.45) is 0 Å². The highest BCUT2D eigenvalue weighted by Gasteiger charge is 2.06. The van der Waals surface area contributed by atoms with Crippen LogP contribution < -0.4 is 5.32 Å². The zero-order chi connectivity index (χ0) is 13.8. The Morgan fingerprint density at radius 1 is 1.21 bits per heavy atom. The molecule has 0 aliphatic heterocycles. The summed E-state index contributed by atoms with van der Waals surface area (Å²) >= 11 is 5.35. The maximum atomic E-state index is 3.61. The van der Waals surface area contributed by atoms with E-state index in [1.807, 2.05) is 11.3 Å². The first-order chi connectivity index (χ1) is 9.04. The zero-order valence-electron chi connectivity index (χ0n) is 11.7. The molecule has 1 heterocycles. The molecule has 1 unspecified atom stereocenters. The van der Waals surface area contributed by atoms with Gasteiger partial charge in [0.05, 0.1) is 0 Å². The molecular formula is C16H20BrNS. The molecule has 0 saturated heterocycles. The minimum atomic E-state index is 0.487. The molecule has 102 valence electrons. The number of benzene rings is 1. The minimum Gasteiger partial charge on any atom is -0.310 e. The second-order valence-corrected chi connectivity index (χ2v) is 7.43. The maximum Gasteiger partial charge on any atom is 0.0219 e. The number of hydrogen-bond acceptors (Lipinski definition) is 2. The monoisotopic (exact) mass is 337 g/mol. The Bertz CT molecular complexity index is 530. The van der Waals surface area contributed by atoms with Crippen molar-refractivity contribution in [1.82, 2.24) is 5.32 Å². The van der Waals surface area contributed by atoms with Crippen LogP contribution in [0.4, 0.5) is 0 Å². The first kappa shape index (κ1) is 14.8. The summed E-state index contributed by atoms with van der Waals surface area (Å²) in [5, 5.41) is 3.61. The van der Waals surface area contributed by atoms with E-state index in [4.69, 9.17) is 0 Å². The summed E-state index contributed by atoms with van der Waals surface area (Å²) in [6.45, 7) is 7.59. The fraction of sp³-hybridized carbons (Fsp3) is 0.375. The summed E-state index contributed by atoms with van der Waals surface area (Å²) in [7, 11) is 0. The molecule has 19 heavy (non-hydrogen) atoms. The molecule has 0 fully saturated rings. The number of nitrogens with one attached hydrogen (secondary N) is 1. The lowest BCUT2D eigenvalue weighted by molar-refractivity contribution is 0.545. The van der Waals surface area contributed by atoms with Gasteiger partial charge in [-0.2, -0.15) is 0 Å². The molecule has 2 rings (SSSR count). The largest absolute Gasteiger partial charge is 0.310 e. The van der Waals surface area contributed by atoms with E-state index in [1.165, 1.54) is 20.9 Å². The van der Waals surface area contributed by atoms with E-state index in [9.17, 15) is 0 Å². The van der Waals surface area contributed by atoms with Crippen LogP contribution in [0.3, 0.4) is 0 Å². The van der Waals surface area contributed by atoms with Gasteiger partial charge in [0.1, 0.15) is 0 Å². The van der Waals surface area contributed by atoms with Crippen molar-refractivity contribution in [3.63, 3.8) is 0 Å². The van der Waals surface area contributed by atoms with Gasteiger partial charge in [0.2, 0.25) is 0 Å². The first-order valence-corrected chi connectivity index (χ1v) is 8.19. The van der Waals surface area contributed by atoms with Gasteiger partial charge in [-0.15, -0.1) is 11.3 Å². The number of aryl methyl sites for hydroxylation is 2. The summed E-state index contributed by atoms with van der Waals surface area (Å²) in [6, 6.07) is 11.4. The number of halogens is 1. The third kappa shape index (κ3) is 4.44. The van der Waals surface area contributed by atoms with Crippen LogP contribution in [-0.2, 0) is 13.0 Å². The van der Waals surface area contributed by atoms with Gasteiger partial charge in [0.15, 0.2) is 0 Å². The molecule has 1 nitrogen and oxygen atoms in total. The SMILES string of the molecule is Cc1cc(CNC(C)Cc2ccc(Br)cc2)c(C)s1. The van der Waals surface area contributed by atoms with Gasteiger partial charge in [0.25, 0.3) is 0 Å². The Morgan fingerprint density at radius 3 is 2.47 bits per heavy atom. The Balaban J connectivity index is 1.86. The number of thiophene rings is 1. The molecule has 0 amide bonds. The molecule has 0 saturated carbocycles. The van der Waals surface area contributed by atoms with E-state index >= 15 is 0 Å². The molecule has 1 atom stereocenters. The Labute approximate surface area is 128 Å². The molecule has 0 spiro atoms. The summed E-state index contributed by atoms with van der Waals surface area (Å²) in [5.74, 6) is 0.